The van der Waals surface area contributed by atoms with E-state index in [1.165, 1.54) is 4.90 Å². The van der Waals surface area contributed by atoms with Gasteiger partial charge >= 0.3 is 0 Å². The molecule has 2 aromatic carbocycles. The fourth-order valence-electron chi connectivity index (χ4n) is 3.62. The Bertz CT molecular complexity index is 1020. The number of amides is 1. The number of carbonyl (C=O) groups is 2. The van der Waals surface area contributed by atoms with Crippen molar-refractivity contribution in [3.05, 3.63) is 69.2 Å². The van der Waals surface area contributed by atoms with E-state index < -0.39 is 17.7 Å². The van der Waals surface area contributed by atoms with Gasteiger partial charge in [0.05, 0.1) is 18.7 Å². The summed E-state index contributed by atoms with van der Waals surface area (Å²) < 4.78 is 6.06. The van der Waals surface area contributed by atoms with Gasteiger partial charge in [-0.2, -0.15) is 0 Å². The van der Waals surface area contributed by atoms with E-state index >= 15 is 0 Å². The zero-order valence-electron chi connectivity index (χ0n) is 17.5. The van der Waals surface area contributed by atoms with Crippen molar-refractivity contribution in [1.82, 2.24) is 9.80 Å². The van der Waals surface area contributed by atoms with Gasteiger partial charge in [-0.25, -0.2) is 0 Å². The van der Waals surface area contributed by atoms with Gasteiger partial charge < -0.3 is 19.6 Å². The van der Waals surface area contributed by atoms with Crippen LogP contribution in [0.2, 0.25) is 0 Å². The summed E-state index contributed by atoms with van der Waals surface area (Å²) in [5.74, 6) is -0.800. The zero-order chi connectivity index (χ0) is 22.0. The molecule has 1 heterocycles. The summed E-state index contributed by atoms with van der Waals surface area (Å²) in [6, 6.07) is 12.0. The fourth-order valence-corrected chi connectivity index (χ4v) is 4.03. The first-order valence-electron chi connectivity index (χ1n) is 9.58. The number of carbonyl (C=O) groups excluding carboxylic acids is 2. The highest BCUT2D eigenvalue weighted by atomic mass is 79.9. The third-order valence-corrected chi connectivity index (χ3v) is 5.67. The molecule has 1 atom stereocenters. The smallest absolute Gasteiger partial charge is 0.295 e. The second-order valence-electron chi connectivity index (χ2n) is 7.53. The second-order valence-corrected chi connectivity index (χ2v) is 8.45. The van der Waals surface area contributed by atoms with Crippen LogP contribution in [0.5, 0.6) is 5.75 Å². The maximum absolute atomic E-state index is 13.0. The van der Waals surface area contributed by atoms with Crippen LogP contribution in [0.4, 0.5) is 0 Å². The molecule has 30 heavy (non-hydrogen) atoms. The first-order valence-corrected chi connectivity index (χ1v) is 10.4. The van der Waals surface area contributed by atoms with E-state index in [1.54, 1.807) is 25.3 Å². The predicted molar refractivity (Wildman–Crippen MR) is 119 cm³/mol. The lowest BCUT2D eigenvalue weighted by molar-refractivity contribution is -0.140. The molecular weight excluding hydrogens is 448 g/mol. The molecule has 0 bridgehead atoms. The average Bonchev–Trinajstić information content (AvgIpc) is 2.96. The van der Waals surface area contributed by atoms with E-state index in [0.29, 0.717) is 24.4 Å². The number of rotatable bonds is 6. The number of halogens is 1. The Hall–Kier alpha value is -2.64. The summed E-state index contributed by atoms with van der Waals surface area (Å²) in [4.78, 5) is 29.4. The number of aliphatic hydroxyl groups is 1. The van der Waals surface area contributed by atoms with E-state index in [2.05, 4.69) is 15.9 Å². The minimum absolute atomic E-state index is 0.102. The molecule has 0 aliphatic carbocycles. The SMILES string of the molecule is COc1ccc(/C(O)=C2\C(=O)C(=O)N(CCN(C)C)[C@@H]2c2cccc(Br)c2)c(C)c1. The lowest BCUT2D eigenvalue weighted by Crippen LogP contribution is -2.35. The third kappa shape index (κ3) is 4.27. The molecule has 0 radical (unpaired) electrons. The highest BCUT2D eigenvalue weighted by Gasteiger charge is 2.46. The lowest BCUT2D eigenvalue weighted by Gasteiger charge is -2.26. The Morgan fingerprint density at radius 3 is 2.53 bits per heavy atom. The summed E-state index contributed by atoms with van der Waals surface area (Å²) in [5.41, 5.74) is 2.11. The molecule has 0 aromatic heterocycles. The molecule has 0 spiro atoms. The number of benzene rings is 2. The largest absolute Gasteiger partial charge is 0.507 e. The van der Waals surface area contributed by atoms with Crippen LogP contribution >= 0.6 is 15.9 Å². The van der Waals surface area contributed by atoms with Gasteiger partial charge in [0.15, 0.2) is 0 Å². The molecule has 1 fully saturated rings. The van der Waals surface area contributed by atoms with Gasteiger partial charge in [-0.3, -0.25) is 9.59 Å². The first kappa shape index (κ1) is 22.1. The van der Waals surface area contributed by atoms with Crippen LogP contribution in [0.3, 0.4) is 0 Å². The van der Waals surface area contributed by atoms with Crippen molar-refractivity contribution in [2.45, 2.75) is 13.0 Å². The van der Waals surface area contributed by atoms with Crippen LogP contribution in [0.15, 0.2) is 52.5 Å². The topological polar surface area (TPSA) is 70.1 Å². The van der Waals surface area contributed by atoms with Crippen molar-refractivity contribution < 1.29 is 19.4 Å². The van der Waals surface area contributed by atoms with Gasteiger partial charge in [0.2, 0.25) is 0 Å². The quantitative estimate of drug-likeness (QED) is 0.393. The van der Waals surface area contributed by atoms with Crippen molar-refractivity contribution in [3.8, 4) is 5.75 Å². The third-order valence-electron chi connectivity index (χ3n) is 5.18. The molecule has 7 heteroatoms. The maximum Gasteiger partial charge on any atom is 0.295 e. The minimum Gasteiger partial charge on any atom is -0.507 e. The number of aryl methyl sites for hydroxylation is 1. The molecule has 1 saturated heterocycles. The molecule has 158 valence electrons. The van der Waals surface area contributed by atoms with E-state index in [4.69, 9.17) is 4.74 Å². The number of hydrogen-bond acceptors (Lipinski definition) is 5. The Balaban J connectivity index is 2.17. The number of nitrogens with zero attached hydrogens (tertiary/aromatic N) is 2. The molecule has 3 rings (SSSR count). The highest BCUT2D eigenvalue weighted by Crippen LogP contribution is 2.40. The summed E-state index contributed by atoms with van der Waals surface area (Å²) in [6.45, 7) is 2.79. The lowest BCUT2D eigenvalue weighted by atomic mass is 9.94. The average molecular weight is 473 g/mol. The summed E-state index contributed by atoms with van der Waals surface area (Å²) >= 11 is 3.46. The molecule has 1 N–H and O–H groups in total. The number of Topliss-reactive ketones (excluding diaryl/α,β-unsaturated/α-hetero) is 1. The standard InChI is InChI=1S/C23H25BrN2O4/c1-14-12-17(30-4)8-9-18(14)21(27)19-20(15-6-5-7-16(24)13-15)26(11-10-25(2)3)23(29)22(19)28/h5-9,12-13,20,27H,10-11H2,1-4H3/b21-19+/t20-/m1/s1. The van der Waals surface area contributed by atoms with Crippen LogP contribution in [0.1, 0.15) is 22.7 Å². The van der Waals surface area contributed by atoms with Crippen LogP contribution in [-0.2, 0) is 9.59 Å². The Morgan fingerprint density at radius 1 is 1.20 bits per heavy atom. The zero-order valence-corrected chi connectivity index (χ0v) is 19.1. The van der Waals surface area contributed by atoms with E-state index in [-0.39, 0.29) is 11.3 Å². The Kier molecular flexibility index (Phi) is 6.63. The highest BCUT2D eigenvalue weighted by molar-refractivity contribution is 9.10. The van der Waals surface area contributed by atoms with Crippen molar-refractivity contribution >= 4 is 33.4 Å². The van der Waals surface area contributed by atoms with Gasteiger partial charge in [0.25, 0.3) is 11.7 Å². The van der Waals surface area contributed by atoms with Crippen LogP contribution in [0, 0.1) is 6.92 Å². The normalized spacial score (nSPS) is 18.3. The molecule has 1 aliphatic rings. The monoisotopic (exact) mass is 472 g/mol. The molecule has 6 nitrogen and oxygen atoms in total. The van der Waals surface area contributed by atoms with Crippen molar-refractivity contribution in [2.75, 3.05) is 34.3 Å². The van der Waals surface area contributed by atoms with Gasteiger partial charge in [0.1, 0.15) is 11.5 Å². The number of aliphatic hydroxyl groups excluding tert-OH is 1. The molecule has 0 saturated carbocycles. The summed E-state index contributed by atoms with van der Waals surface area (Å²) in [7, 11) is 5.38. The number of likely N-dealkylation sites (N-methyl/N-ethyl adjacent to an activating group) is 1. The van der Waals surface area contributed by atoms with Crippen LogP contribution in [0.25, 0.3) is 5.76 Å². The minimum atomic E-state index is -0.675. The van der Waals surface area contributed by atoms with Crippen molar-refractivity contribution in [3.63, 3.8) is 0 Å². The van der Waals surface area contributed by atoms with Gasteiger partial charge in [-0.05, 0) is 62.5 Å². The first-order chi connectivity index (χ1) is 14.2. The van der Waals surface area contributed by atoms with Gasteiger partial charge in [0, 0.05) is 23.1 Å². The molecule has 1 amide bonds. The molecule has 0 unspecified atom stereocenters. The Morgan fingerprint density at radius 2 is 1.93 bits per heavy atom. The number of ether oxygens (including phenoxy) is 1. The van der Waals surface area contributed by atoms with Crippen molar-refractivity contribution in [1.29, 1.82) is 0 Å². The van der Waals surface area contributed by atoms with Crippen LogP contribution < -0.4 is 4.74 Å². The van der Waals surface area contributed by atoms with Crippen LogP contribution in [-0.4, -0.2) is 60.9 Å². The summed E-state index contributed by atoms with van der Waals surface area (Å²) in [6.07, 6.45) is 0. The second kappa shape index (κ2) is 9.02. The summed E-state index contributed by atoms with van der Waals surface area (Å²) in [5, 5.41) is 11.2. The van der Waals surface area contributed by atoms with Gasteiger partial charge in [-0.15, -0.1) is 0 Å². The van der Waals surface area contributed by atoms with E-state index in [0.717, 1.165) is 15.6 Å². The fraction of sp³-hybridized carbons (Fsp3) is 0.304. The number of likely N-dealkylation sites (tertiary alicyclic amines) is 1. The predicted octanol–water partition coefficient (Wildman–Crippen LogP) is 3.75. The van der Waals surface area contributed by atoms with E-state index in [9.17, 15) is 14.7 Å². The number of methoxy groups -OCH3 is 1. The van der Waals surface area contributed by atoms with Gasteiger partial charge in [-0.1, -0.05) is 28.1 Å². The van der Waals surface area contributed by atoms with E-state index in [1.807, 2.05) is 50.2 Å². The molecule has 1 aliphatic heterocycles. The molecular formula is C23H25BrN2O4. The maximum atomic E-state index is 13.0. The Labute approximate surface area is 184 Å². The molecule has 2 aromatic rings. The van der Waals surface area contributed by atoms with Crippen molar-refractivity contribution in [2.24, 2.45) is 0 Å². The number of ketones is 1. The number of hydrogen-bond donors (Lipinski definition) is 1.